The third kappa shape index (κ3) is 4.19. The summed E-state index contributed by atoms with van der Waals surface area (Å²) < 4.78 is 26.5. The van der Waals surface area contributed by atoms with Gasteiger partial charge in [0.1, 0.15) is 15.6 Å². The van der Waals surface area contributed by atoms with Crippen molar-refractivity contribution < 1.29 is 13.2 Å². The minimum Gasteiger partial charge on any atom is -0.388 e. The van der Waals surface area contributed by atoms with Gasteiger partial charge < -0.3 is 11.1 Å². The van der Waals surface area contributed by atoms with Crippen molar-refractivity contribution in [1.82, 2.24) is 14.6 Å². The Morgan fingerprint density at radius 3 is 2.71 bits per heavy atom. The third-order valence-electron chi connectivity index (χ3n) is 2.69. The molecule has 1 amide bonds. The van der Waals surface area contributed by atoms with Crippen molar-refractivity contribution in [3.63, 3.8) is 0 Å². The number of pyridine rings is 1. The van der Waals surface area contributed by atoms with Gasteiger partial charge in [-0.25, -0.2) is 8.42 Å². The number of sulfonamides is 1. The van der Waals surface area contributed by atoms with Crippen LogP contribution < -0.4 is 11.1 Å². The van der Waals surface area contributed by atoms with E-state index in [4.69, 9.17) is 18.0 Å². The highest BCUT2D eigenvalue weighted by Gasteiger charge is 2.29. The largest absolute Gasteiger partial charge is 0.388 e. The lowest BCUT2D eigenvalue weighted by molar-refractivity contribution is -0.120. The number of hydrogen-bond donors (Lipinski definition) is 2. The van der Waals surface area contributed by atoms with Crippen LogP contribution in [-0.4, -0.2) is 48.7 Å². The molecule has 0 atom stereocenters. The highest BCUT2D eigenvalue weighted by molar-refractivity contribution is 7.89. The minimum absolute atomic E-state index is 0.0329. The summed E-state index contributed by atoms with van der Waals surface area (Å²) in [6.45, 7) is 1.77. The van der Waals surface area contributed by atoms with Gasteiger partial charge in [0.05, 0.1) is 6.54 Å². The van der Waals surface area contributed by atoms with Crippen LogP contribution in [0.2, 0.25) is 0 Å². The van der Waals surface area contributed by atoms with Crippen LogP contribution in [-0.2, 0) is 14.8 Å². The molecule has 3 N–H and O–H groups in total. The zero-order valence-electron chi connectivity index (χ0n) is 11.9. The second-order valence-electron chi connectivity index (χ2n) is 4.23. The number of carbonyl (C=O) groups excluding carboxylic acids is 1. The summed E-state index contributed by atoms with van der Waals surface area (Å²) in [4.78, 5) is 15.2. The molecule has 0 radical (unpaired) electrons. The minimum atomic E-state index is -3.90. The highest BCUT2D eigenvalue weighted by atomic mass is 32.2. The van der Waals surface area contributed by atoms with Gasteiger partial charge in [-0.3, -0.25) is 9.78 Å². The first kappa shape index (κ1) is 17.5. The van der Waals surface area contributed by atoms with E-state index in [9.17, 15) is 13.2 Å². The molecule has 0 unspecified atom stereocenters. The van der Waals surface area contributed by atoms with Gasteiger partial charge in [0, 0.05) is 19.8 Å². The maximum Gasteiger partial charge on any atom is 0.245 e. The summed E-state index contributed by atoms with van der Waals surface area (Å²) in [6, 6.07) is 2.86. The third-order valence-corrected chi connectivity index (χ3v) is 4.76. The second kappa shape index (κ2) is 7.43. The molecule has 116 valence electrons. The number of hydrogen-bond acceptors (Lipinski definition) is 5. The van der Waals surface area contributed by atoms with Crippen LogP contribution in [0.25, 0.3) is 0 Å². The molecule has 1 aromatic rings. The van der Waals surface area contributed by atoms with E-state index in [1.54, 1.807) is 0 Å². The molecule has 0 aromatic carbocycles. The van der Waals surface area contributed by atoms with Crippen molar-refractivity contribution in [2.45, 2.75) is 18.2 Å². The van der Waals surface area contributed by atoms with Gasteiger partial charge >= 0.3 is 0 Å². The maximum absolute atomic E-state index is 12.7. The Morgan fingerprint density at radius 1 is 1.52 bits per heavy atom. The van der Waals surface area contributed by atoms with Gasteiger partial charge in [-0.05, 0) is 18.6 Å². The van der Waals surface area contributed by atoms with E-state index in [0.717, 1.165) is 4.31 Å². The molecular formula is C12H18N4O3S2. The average Bonchev–Trinajstić information content (AvgIpc) is 2.46. The fourth-order valence-electron chi connectivity index (χ4n) is 1.70. The predicted octanol–water partition coefficient (Wildman–Crippen LogP) is -0.137. The van der Waals surface area contributed by atoms with E-state index < -0.39 is 15.9 Å². The smallest absolute Gasteiger partial charge is 0.245 e. The maximum atomic E-state index is 12.7. The number of amides is 1. The summed E-state index contributed by atoms with van der Waals surface area (Å²) in [5.74, 6) is -0.396. The number of rotatable bonds is 7. The highest BCUT2D eigenvalue weighted by Crippen LogP contribution is 2.18. The van der Waals surface area contributed by atoms with E-state index in [-0.39, 0.29) is 28.7 Å². The fourth-order valence-corrected chi connectivity index (χ4v) is 3.57. The molecule has 1 heterocycles. The van der Waals surface area contributed by atoms with E-state index >= 15 is 0 Å². The van der Waals surface area contributed by atoms with E-state index in [1.807, 2.05) is 6.92 Å². The molecule has 0 saturated carbocycles. The van der Waals surface area contributed by atoms with Crippen molar-refractivity contribution in [3.8, 4) is 0 Å². The molecule has 0 aliphatic rings. The van der Waals surface area contributed by atoms with Crippen LogP contribution >= 0.6 is 12.2 Å². The monoisotopic (exact) mass is 330 g/mol. The molecule has 0 aliphatic carbocycles. The second-order valence-corrected chi connectivity index (χ2v) is 6.57. The average molecular weight is 330 g/mol. The van der Waals surface area contributed by atoms with Gasteiger partial charge in [-0.2, -0.15) is 4.31 Å². The quantitative estimate of drug-likeness (QED) is 0.674. The van der Waals surface area contributed by atoms with Crippen molar-refractivity contribution in [3.05, 3.63) is 24.0 Å². The fraction of sp³-hybridized carbons (Fsp3) is 0.417. The Hall–Kier alpha value is -1.58. The molecule has 0 aliphatic heterocycles. The molecule has 1 aromatic heterocycles. The molecule has 9 heteroatoms. The van der Waals surface area contributed by atoms with Crippen molar-refractivity contribution in [2.75, 3.05) is 20.1 Å². The Morgan fingerprint density at radius 2 is 2.19 bits per heavy atom. The predicted molar refractivity (Wildman–Crippen MR) is 83.2 cm³/mol. The van der Waals surface area contributed by atoms with E-state index in [1.165, 1.54) is 25.4 Å². The molecular weight excluding hydrogens is 312 g/mol. The standard InChI is InChI=1S/C12H18N4O3S2/c1-3-7-16(8-10(17)14-2)21(18,19)9-5-4-6-15-11(9)12(13)20/h4-6H,3,7-8H2,1-2H3,(H2,13,20)(H,14,17). The van der Waals surface area contributed by atoms with Gasteiger partial charge in [0.15, 0.2) is 0 Å². The van der Waals surface area contributed by atoms with Crippen molar-refractivity contribution in [2.24, 2.45) is 5.73 Å². The summed E-state index contributed by atoms with van der Waals surface area (Å²) in [6.07, 6.45) is 1.98. The van der Waals surface area contributed by atoms with Crippen LogP contribution in [0.3, 0.4) is 0 Å². The van der Waals surface area contributed by atoms with Gasteiger partial charge in [-0.1, -0.05) is 19.1 Å². The molecule has 21 heavy (non-hydrogen) atoms. The number of aromatic nitrogens is 1. The molecule has 0 fully saturated rings. The summed E-state index contributed by atoms with van der Waals surface area (Å²) in [7, 11) is -2.45. The lowest BCUT2D eigenvalue weighted by Gasteiger charge is -2.21. The summed E-state index contributed by atoms with van der Waals surface area (Å²) in [5, 5.41) is 2.40. The van der Waals surface area contributed by atoms with E-state index in [0.29, 0.717) is 6.42 Å². The van der Waals surface area contributed by atoms with Crippen LogP contribution in [0.15, 0.2) is 23.2 Å². The van der Waals surface area contributed by atoms with Gasteiger partial charge in [0.25, 0.3) is 0 Å². The molecule has 0 saturated heterocycles. The Balaban J connectivity index is 3.29. The lowest BCUT2D eigenvalue weighted by atomic mass is 10.3. The number of carbonyl (C=O) groups is 1. The topological polar surface area (TPSA) is 105 Å². The zero-order chi connectivity index (χ0) is 16.0. The van der Waals surface area contributed by atoms with Crippen molar-refractivity contribution in [1.29, 1.82) is 0 Å². The van der Waals surface area contributed by atoms with Crippen LogP contribution in [0.1, 0.15) is 19.0 Å². The lowest BCUT2D eigenvalue weighted by Crippen LogP contribution is -2.40. The summed E-state index contributed by atoms with van der Waals surface area (Å²) >= 11 is 4.83. The molecule has 0 spiro atoms. The van der Waals surface area contributed by atoms with Gasteiger partial charge in [0.2, 0.25) is 15.9 Å². The zero-order valence-corrected chi connectivity index (χ0v) is 13.5. The number of nitrogens with zero attached hydrogens (tertiary/aromatic N) is 2. The Bertz CT molecular complexity index is 631. The molecule has 1 rings (SSSR count). The van der Waals surface area contributed by atoms with Crippen LogP contribution in [0.5, 0.6) is 0 Å². The normalized spacial score (nSPS) is 11.4. The van der Waals surface area contributed by atoms with Crippen LogP contribution in [0.4, 0.5) is 0 Å². The summed E-state index contributed by atoms with van der Waals surface area (Å²) in [5.41, 5.74) is 5.55. The number of nitrogens with two attached hydrogens (primary N) is 1. The first-order valence-corrected chi connectivity index (χ1v) is 8.15. The number of likely N-dealkylation sites (N-methyl/N-ethyl adjacent to an activating group) is 1. The SMILES string of the molecule is CCCN(CC(=O)NC)S(=O)(=O)c1cccnc1C(N)=S. The van der Waals surface area contributed by atoms with E-state index in [2.05, 4.69) is 10.3 Å². The number of thiocarbonyl (C=S) groups is 1. The molecule has 0 bridgehead atoms. The van der Waals surface area contributed by atoms with Crippen molar-refractivity contribution >= 4 is 33.1 Å². The van der Waals surface area contributed by atoms with Gasteiger partial charge in [-0.15, -0.1) is 0 Å². The molecule has 7 nitrogen and oxygen atoms in total. The van der Waals surface area contributed by atoms with Crippen LogP contribution in [0, 0.1) is 0 Å². The Labute approximate surface area is 129 Å². The Kier molecular flexibility index (Phi) is 6.19. The first-order valence-electron chi connectivity index (χ1n) is 6.30. The number of nitrogens with one attached hydrogen (secondary N) is 1. The first-order chi connectivity index (χ1) is 9.84.